The number of nitrogens with zero attached hydrogens (tertiary/aromatic N) is 1. The second kappa shape index (κ2) is 10.8. The van der Waals surface area contributed by atoms with Crippen LogP contribution >= 0.6 is 0 Å². The number of imidazole rings is 1. The monoisotopic (exact) mass is 430 g/mol. The molecule has 7 atom stereocenters. The summed E-state index contributed by atoms with van der Waals surface area (Å²) in [6.07, 6.45) is -3.99. The van der Waals surface area contributed by atoms with Crippen LogP contribution in [0.1, 0.15) is 26.0 Å². The Kier molecular flexibility index (Phi) is 8.70. The topological polar surface area (TPSA) is 197 Å². The van der Waals surface area contributed by atoms with Gasteiger partial charge in [-0.05, 0) is 12.3 Å². The first kappa shape index (κ1) is 24.2. The van der Waals surface area contributed by atoms with Gasteiger partial charge in [-0.25, -0.2) is 9.78 Å². The van der Waals surface area contributed by atoms with Crippen LogP contribution in [0.2, 0.25) is 0 Å². The van der Waals surface area contributed by atoms with Gasteiger partial charge >= 0.3 is 5.97 Å². The third-order valence-corrected chi connectivity index (χ3v) is 4.86. The number of amides is 1. The summed E-state index contributed by atoms with van der Waals surface area (Å²) in [7, 11) is 0. The molecule has 1 unspecified atom stereocenters. The van der Waals surface area contributed by atoms with Crippen LogP contribution in [0.5, 0.6) is 0 Å². The summed E-state index contributed by atoms with van der Waals surface area (Å²) < 4.78 is 5.40. The Morgan fingerprint density at radius 3 is 2.43 bits per heavy atom. The minimum absolute atomic E-state index is 0.0228. The van der Waals surface area contributed by atoms with Gasteiger partial charge in [0.05, 0.1) is 24.7 Å². The van der Waals surface area contributed by atoms with E-state index in [1.807, 2.05) is 13.8 Å². The number of carbonyl (C=O) groups excluding carboxylic acids is 1. The van der Waals surface area contributed by atoms with E-state index in [0.29, 0.717) is 5.69 Å². The van der Waals surface area contributed by atoms with Crippen molar-refractivity contribution in [3.8, 4) is 0 Å². The van der Waals surface area contributed by atoms with Crippen molar-refractivity contribution in [3.05, 3.63) is 18.2 Å². The number of hydrogen-bond donors (Lipinski definition) is 8. The van der Waals surface area contributed by atoms with Crippen LogP contribution in [0.15, 0.2) is 12.5 Å². The minimum Gasteiger partial charge on any atom is -0.480 e. The molecule has 0 aromatic carbocycles. The number of aliphatic hydroxyl groups is 4. The summed E-state index contributed by atoms with van der Waals surface area (Å²) in [6, 6.07) is -2.19. The molecule has 8 N–H and O–H groups in total. The summed E-state index contributed by atoms with van der Waals surface area (Å²) in [5.41, 5.74) is 0.489. The van der Waals surface area contributed by atoms with Crippen molar-refractivity contribution in [1.29, 1.82) is 0 Å². The number of carboxylic acids is 1. The number of rotatable bonds is 10. The molecule has 1 fully saturated rings. The fourth-order valence-corrected chi connectivity index (χ4v) is 3.24. The maximum atomic E-state index is 12.9. The molecule has 0 bridgehead atoms. The lowest BCUT2D eigenvalue weighted by Crippen LogP contribution is -2.65. The molecule has 1 amide bonds. The van der Waals surface area contributed by atoms with E-state index in [9.17, 15) is 35.1 Å². The Morgan fingerprint density at radius 1 is 1.20 bits per heavy atom. The molecule has 12 nitrogen and oxygen atoms in total. The molecule has 0 saturated carbocycles. The smallest absolute Gasteiger partial charge is 0.326 e. The van der Waals surface area contributed by atoms with Crippen molar-refractivity contribution in [2.75, 3.05) is 6.61 Å². The molecule has 0 spiro atoms. The highest BCUT2D eigenvalue weighted by Crippen LogP contribution is 2.20. The Balaban J connectivity index is 2.18. The molecule has 1 saturated heterocycles. The average molecular weight is 430 g/mol. The lowest BCUT2D eigenvalue weighted by atomic mass is 9.97. The van der Waals surface area contributed by atoms with Gasteiger partial charge in [-0.3, -0.25) is 10.1 Å². The normalized spacial score (nSPS) is 28.8. The highest BCUT2D eigenvalue weighted by Gasteiger charge is 2.44. The molecule has 2 rings (SSSR count). The summed E-state index contributed by atoms with van der Waals surface area (Å²) >= 11 is 0. The number of ether oxygens (including phenoxy) is 1. The van der Waals surface area contributed by atoms with Crippen LogP contribution in [0.4, 0.5) is 0 Å². The van der Waals surface area contributed by atoms with E-state index in [2.05, 4.69) is 20.6 Å². The minimum atomic E-state index is -1.62. The van der Waals surface area contributed by atoms with E-state index in [1.54, 1.807) is 6.20 Å². The number of carboxylic acid groups (broad SMARTS) is 1. The van der Waals surface area contributed by atoms with Crippen molar-refractivity contribution < 1.29 is 39.9 Å². The summed E-state index contributed by atoms with van der Waals surface area (Å²) in [6.45, 7) is 3.04. The largest absolute Gasteiger partial charge is 0.480 e. The second-order valence-electron chi connectivity index (χ2n) is 7.76. The Morgan fingerprint density at radius 2 is 1.90 bits per heavy atom. The van der Waals surface area contributed by atoms with E-state index >= 15 is 0 Å². The van der Waals surface area contributed by atoms with Crippen LogP contribution in [-0.2, 0) is 20.7 Å². The molecule has 12 heteroatoms. The van der Waals surface area contributed by atoms with Gasteiger partial charge < -0.3 is 40.6 Å². The van der Waals surface area contributed by atoms with E-state index in [0.717, 1.165) is 0 Å². The molecule has 1 aromatic rings. The van der Waals surface area contributed by atoms with Crippen LogP contribution in [-0.4, -0.2) is 96.7 Å². The fourth-order valence-electron chi connectivity index (χ4n) is 3.24. The second-order valence-corrected chi connectivity index (χ2v) is 7.76. The number of carbonyl (C=O) groups is 2. The zero-order valence-corrected chi connectivity index (χ0v) is 16.8. The number of aliphatic carboxylic acids is 1. The van der Waals surface area contributed by atoms with Gasteiger partial charge in [-0.15, -0.1) is 0 Å². The van der Waals surface area contributed by atoms with Crippen LogP contribution in [0, 0.1) is 5.92 Å². The summed E-state index contributed by atoms with van der Waals surface area (Å²) in [4.78, 5) is 31.2. The van der Waals surface area contributed by atoms with E-state index < -0.39 is 61.2 Å². The van der Waals surface area contributed by atoms with Crippen molar-refractivity contribution in [1.82, 2.24) is 20.6 Å². The van der Waals surface area contributed by atoms with E-state index in [4.69, 9.17) is 4.74 Å². The van der Waals surface area contributed by atoms with E-state index in [-0.39, 0.29) is 18.8 Å². The molecule has 0 radical (unpaired) electrons. The average Bonchev–Trinajstić information content (AvgIpc) is 3.19. The summed E-state index contributed by atoms with van der Waals surface area (Å²) in [5.74, 6) is -1.82. The molecule has 1 aliphatic rings. The first-order valence-corrected chi connectivity index (χ1v) is 9.71. The quantitative estimate of drug-likeness (QED) is 0.194. The first-order valence-electron chi connectivity index (χ1n) is 9.71. The first-order chi connectivity index (χ1) is 14.1. The SMILES string of the molecule is CC(C)C[C@H](NC(=O)[C@H](Cc1c[nH]cn1)NC1O[C@H](CO)[C@@H](O)[C@H](O)[C@@H]1O)C(=O)O. The number of nitrogens with one attached hydrogen (secondary N) is 3. The standard InChI is InChI=1S/C18H30N4O8/c1-8(2)3-11(18(28)29)21-16(27)10(4-9-5-19-7-20-9)22-17-15(26)14(25)13(24)12(6-23)30-17/h5,7-8,10-15,17,22-26H,3-4,6H2,1-2H3,(H,19,20)(H,21,27)(H,28,29)/t10-,11-,12+,13+,14-,15-,17?/m0/s1. The van der Waals surface area contributed by atoms with E-state index in [1.165, 1.54) is 6.33 Å². The van der Waals surface area contributed by atoms with Crippen LogP contribution in [0.3, 0.4) is 0 Å². The van der Waals surface area contributed by atoms with Crippen LogP contribution in [0.25, 0.3) is 0 Å². The van der Waals surface area contributed by atoms with Crippen molar-refractivity contribution in [2.24, 2.45) is 5.92 Å². The van der Waals surface area contributed by atoms with Gasteiger partial charge in [0.2, 0.25) is 5.91 Å². The third kappa shape index (κ3) is 6.20. The number of aromatic amines is 1. The lowest BCUT2D eigenvalue weighted by Gasteiger charge is -2.41. The van der Waals surface area contributed by atoms with Gasteiger partial charge in [-0.1, -0.05) is 13.8 Å². The highest BCUT2D eigenvalue weighted by molar-refractivity contribution is 5.87. The maximum absolute atomic E-state index is 12.9. The zero-order valence-electron chi connectivity index (χ0n) is 16.8. The van der Waals surface area contributed by atoms with Gasteiger partial charge in [-0.2, -0.15) is 0 Å². The Hall–Kier alpha value is -2.09. The molecular formula is C18H30N4O8. The number of aliphatic hydroxyl groups excluding tert-OH is 4. The molecule has 1 aliphatic heterocycles. The lowest BCUT2D eigenvalue weighted by molar-refractivity contribution is -0.238. The molecule has 170 valence electrons. The van der Waals surface area contributed by atoms with Gasteiger partial charge in [0.25, 0.3) is 0 Å². The molecule has 2 heterocycles. The van der Waals surface area contributed by atoms with Crippen molar-refractivity contribution in [2.45, 2.75) is 69.4 Å². The number of aromatic nitrogens is 2. The Labute approximate surface area is 173 Å². The molecule has 1 aromatic heterocycles. The Bertz CT molecular complexity index is 684. The molecule has 0 aliphatic carbocycles. The zero-order chi connectivity index (χ0) is 22.4. The van der Waals surface area contributed by atoms with Gasteiger partial charge in [0, 0.05) is 12.6 Å². The van der Waals surface area contributed by atoms with Crippen molar-refractivity contribution in [3.63, 3.8) is 0 Å². The van der Waals surface area contributed by atoms with Crippen LogP contribution < -0.4 is 10.6 Å². The van der Waals surface area contributed by atoms with Gasteiger partial charge in [0.1, 0.15) is 36.7 Å². The molecule has 30 heavy (non-hydrogen) atoms. The third-order valence-electron chi connectivity index (χ3n) is 4.86. The van der Waals surface area contributed by atoms with Gasteiger partial charge in [0.15, 0.2) is 0 Å². The predicted octanol–water partition coefficient (Wildman–Crippen LogP) is -2.67. The number of H-pyrrole nitrogens is 1. The fraction of sp³-hybridized carbons (Fsp3) is 0.722. The maximum Gasteiger partial charge on any atom is 0.326 e. The predicted molar refractivity (Wildman–Crippen MR) is 102 cm³/mol. The molecular weight excluding hydrogens is 400 g/mol. The van der Waals surface area contributed by atoms with Crippen molar-refractivity contribution >= 4 is 11.9 Å². The number of hydrogen-bond acceptors (Lipinski definition) is 9. The highest BCUT2D eigenvalue weighted by atomic mass is 16.6. The summed E-state index contributed by atoms with van der Waals surface area (Å²) in [5, 5.41) is 54.1.